The molecule has 4 N–H and O–H groups in total. The van der Waals surface area contributed by atoms with Crippen LogP contribution in [0.25, 0.3) is 0 Å². The van der Waals surface area contributed by atoms with Gasteiger partial charge in [0.1, 0.15) is 17.3 Å². The van der Waals surface area contributed by atoms with Gasteiger partial charge in [-0.1, -0.05) is 12.8 Å². The van der Waals surface area contributed by atoms with Crippen LogP contribution in [0, 0.1) is 10.8 Å². The Morgan fingerprint density at radius 1 is 1.31 bits per heavy atom. The summed E-state index contributed by atoms with van der Waals surface area (Å²) in [5.41, 5.74) is 1.77. The van der Waals surface area contributed by atoms with E-state index >= 15 is 0 Å². The minimum Gasteiger partial charge on any atom is -0.495 e. The lowest BCUT2D eigenvalue weighted by atomic mass is 10.1. The molecule has 0 atom stereocenters. The number of anilines is 4. The van der Waals surface area contributed by atoms with E-state index in [-0.39, 0.29) is 5.91 Å². The maximum absolute atomic E-state index is 11.9. The first-order chi connectivity index (χ1) is 15.5. The maximum Gasteiger partial charge on any atom is 0.251 e. The molecule has 1 fully saturated rings. The number of benzene rings is 1. The highest BCUT2D eigenvalue weighted by Gasteiger charge is 2.31. The average Bonchev–Trinajstić information content (AvgIpc) is 3.30. The highest BCUT2D eigenvalue weighted by Crippen LogP contribution is 2.37. The second-order valence-corrected chi connectivity index (χ2v) is 7.85. The number of methoxy groups -OCH3 is 1. The molecule has 4 rings (SSSR count). The van der Waals surface area contributed by atoms with Crippen molar-refractivity contribution in [2.24, 2.45) is 0 Å². The molecule has 1 aliphatic heterocycles. The Kier molecular flexibility index (Phi) is 6.20. The molecule has 0 saturated heterocycles. The standard InChI is InChI=1S/C22H28N8O2/c1-25-21(31)14-7-8-16(18(11-14)32-2)27-22-26-12-17-20(28-22)29(15-5-3-4-6-15)10-9-19(24)30(17)13-23/h7-8,11-13,15,23-24H,3-6,9-10H2,1-2H3,(H,25,31)(H,26,27,28). The molecule has 0 radical (unpaired) electrons. The van der Waals surface area contributed by atoms with Gasteiger partial charge in [-0.15, -0.1) is 0 Å². The normalized spacial score (nSPS) is 16.4. The van der Waals surface area contributed by atoms with Gasteiger partial charge >= 0.3 is 0 Å². The van der Waals surface area contributed by atoms with Gasteiger partial charge in [-0.2, -0.15) is 4.98 Å². The molecule has 2 heterocycles. The lowest BCUT2D eigenvalue weighted by Crippen LogP contribution is -2.34. The molecular formula is C22H28N8O2. The molecule has 2 aromatic rings. The Morgan fingerprint density at radius 2 is 2.09 bits per heavy atom. The Bertz CT molecular complexity index is 1030. The number of rotatable bonds is 6. The Balaban J connectivity index is 1.70. The molecule has 10 nitrogen and oxygen atoms in total. The van der Waals surface area contributed by atoms with E-state index < -0.39 is 0 Å². The Labute approximate surface area is 187 Å². The molecule has 1 aromatic carbocycles. The van der Waals surface area contributed by atoms with E-state index in [2.05, 4.69) is 20.5 Å². The minimum atomic E-state index is -0.197. The summed E-state index contributed by atoms with van der Waals surface area (Å²) in [6.45, 7) is 0.682. The van der Waals surface area contributed by atoms with Crippen molar-refractivity contribution in [1.82, 2.24) is 15.3 Å². The number of aromatic nitrogens is 2. The van der Waals surface area contributed by atoms with E-state index in [9.17, 15) is 4.79 Å². The van der Waals surface area contributed by atoms with Crippen LogP contribution in [0.3, 0.4) is 0 Å². The van der Waals surface area contributed by atoms with Gasteiger partial charge in [-0.05, 0) is 31.0 Å². The summed E-state index contributed by atoms with van der Waals surface area (Å²) in [7, 11) is 3.12. The Hall–Kier alpha value is -3.69. The SMILES string of the molecule is CNC(=O)c1ccc(Nc2ncc3c(n2)N(C2CCCC2)CCC(=N)N3C=N)c(OC)c1. The van der Waals surface area contributed by atoms with Crippen molar-refractivity contribution in [3.63, 3.8) is 0 Å². The molecule has 32 heavy (non-hydrogen) atoms. The second kappa shape index (κ2) is 9.21. The van der Waals surface area contributed by atoms with Crippen LogP contribution in [0.2, 0.25) is 0 Å². The molecule has 1 aliphatic carbocycles. The number of ether oxygens (including phenoxy) is 1. The number of hydrogen-bond donors (Lipinski definition) is 4. The first-order valence-electron chi connectivity index (χ1n) is 10.7. The van der Waals surface area contributed by atoms with E-state index in [1.807, 2.05) is 0 Å². The number of amidine groups is 1. The van der Waals surface area contributed by atoms with Gasteiger partial charge in [0.15, 0.2) is 5.82 Å². The number of fused-ring (bicyclic) bond motifs is 1. The van der Waals surface area contributed by atoms with Gasteiger partial charge in [-0.25, -0.2) is 4.98 Å². The van der Waals surface area contributed by atoms with Gasteiger partial charge in [0.05, 0.1) is 25.3 Å². The summed E-state index contributed by atoms with van der Waals surface area (Å²) < 4.78 is 5.46. The van der Waals surface area contributed by atoms with Gasteiger partial charge in [0, 0.05) is 31.6 Å². The monoisotopic (exact) mass is 436 g/mol. The van der Waals surface area contributed by atoms with Gasteiger partial charge in [0.2, 0.25) is 5.95 Å². The molecule has 0 bridgehead atoms. The fourth-order valence-corrected chi connectivity index (χ4v) is 4.33. The highest BCUT2D eigenvalue weighted by atomic mass is 16.5. The zero-order valence-electron chi connectivity index (χ0n) is 18.3. The molecular weight excluding hydrogens is 408 g/mol. The molecule has 0 spiro atoms. The second-order valence-electron chi connectivity index (χ2n) is 7.85. The smallest absolute Gasteiger partial charge is 0.251 e. The molecule has 10 heteroatoms. The highest BCUT2D eigenvalue weighted by molar-refractivity contribution is 6.11. The van der Waals surface area contributed by atoms with Crippen molar-refractivity contribution in [3.05, 3.63) is 30.0 Å². The first-order valence-corrected chi connectivity index (χ1v) is 10.7. The fraction of sp³-hybridized carbons (Fsp3) is 0.409. The number of hydrogen-bond acceptors (Lipinski definition) is 8. The van der Waals surface area contributed by atoms with Gasteiger partial charge < -0.3 is 20.3 Å². The summed E-state index contributed by atoms with van der Waals surface area (Å²) in [6.07, 6.45) is 7.91. The average molecular weight is 437 g/mol. The number of amides is 1. The summed E-state index contributed by atoms with van der Waals surface area (Å²) in [6, 6.07) is 5.49. The van der Waals surface area contributed by atoms with Gasteiger partial charge in [0.25, 0.3) is 5.91 Å². The summed E-state index contributed by atoms with van der Waals surface area (Å²) in [5, 5.41) is 22.0. The van der Waals surface area contributed by atoms with E-state index in [0.717, 1.165) is 25.0 Å². The summed E-state index contributed by atoms with van der Waals surface area (Å²) in [4.78, 5) is 25.0. The minimum absolute atomic E-state index is 0.197. The quantitative estimate of drug-likeness (QED) is 0.404. The van der Waals surface area contributed by atoms with Crippen LogP contribution < -0.4 is 25.2 Å². The number of carbonyl (C=O) groups is 1. The topological polar surface area (TPSA) is 130 Å². The lowest BCUT2D eigenvalue weighted by Gasteiger charge is -2.30. The predicted octanol–water partition coefficient (Wildman–Crippen LogP) is 3.13. The van der Waals surface area contributed by atoms with Crippen molar-refractivity contribution in [2.45, 2.75) is 38.1 Å². The maximum atomic E-state index is 11.9. The van der Waals surface area contributed by atoms with E-state index in [1.165, 1.54) is 17.7 Å². The van der Waals surface area contributed by atoms with Gasteiger partial charge in [-0.3, -0.25) is 20.5 Å². The third-order valence-corrected chi connectivity index (χ3v) is 5.99. The van der Waals surface area contributed by atoms with E-state index in [4.69, 9.17) is 20.5 Å². The fourth-order valence-electron chi connectivity index (χ4n) is 4.33. The van der Waals surface area contributed by atoms with Crippen LogP contribution in [-0.4, -0.2) is 54.8 Å². The molecule has 2 aliphatic rings. The zero-order chi connectivity index (χ0) is 22.7. The Morgan fingerprint density at radius 3 is 2.78 bits per heavy atom. The number of nitrogens with one attached hydrogen (secondary N) is 4. The van der Waals surface area contributed by atoms with Crippen LogP contribution in [0.1, 0.15) is 42.5 Å². The third-order valence-electron chi connectivity index (χ3n) is 5.99. The van der Waals surface area contributed by atoms with Crippen LogP contribution in [-0.2, 0) is 0 Å². The predicted molar refractivity (Wildman–Crippen MR) is 125 cm³/mol. The van der Waals surface area contributed by atoms with E-state index in [0.29, 0.717) is 53.5 Å². The molecule has 168 valence electrons. The van der Waals surface area contributed by atoms with Crippen molar-refractivity contribution in [2.75, 3.05) is 35.8 Å². The van der Waals surface area contributed by atoms with Crippen molar-refractivity contribution < 1.29 is 9.53 Å². The molecule has 1 aromatic heterocycles. The van der Waals surface area contributed by atoms with Crippen LogP contribution in [0.5, 0.6) is 5.75 Å². The summed E-state index contributed by atoms with van der Waals surface area (Å²) in [5.74, 6) is 1.77. The zero-order valence-corrected chi connectivity index (χ0v) is 18.3. The number of carbonyl (C=O) groups excluding carboxylic acids is 1. The third kappa shape index (κ3) is 4.08. The van der Waals surface area contributed by atoms with Crippen molar-refractivity contribution >= 4 is 41.2 Å². The molecule has 1 saturated carbocycles. The lowest BCUT2D eigenvalue weighted by molar-refractivity contribution is 0.0963. The molecule has 0 unspecified atom stereocenters. The van der Waals surface area contributed by atoms with Crippen molar-refractivity contribution in [1.29, 1.82) is 10.8 Å². The largest absolute Gasteiger partial charge is 0.495 e. The van der Waals surface area contributed by atoms with Crippen molar-refractivity contribution in [3.8, 4) is 5.75 Å². The number of nitrogens with zero attached hydrogens (tertiary/aromatic N) is 4. The van der Waals surface area contributed by atoms with Crippen LogP contribution >= 0.6 is 0 Å². The van der Waals surface area contributed by atoms with E-state index in [1.54, 1.807) is 38.6 Å². The summed E-state index contributed by atoms with van der Waals surface area (Å²) >= 11 is 0. The first kappa shape index (κ1) is 21.5. The molecule has 1 amide bonds. The van der Waals surface area contributed by atoms with Crippen LogP contribution in [0.15, 0.2) is 24.4 Å². The van der Waals surface area contributed by atoms with Crippen LogP contribution in [0.4, 0.5) is 23.1 Å².